The van der Waals surface area contributed by atoms with Gasteiger partial charge in [-0.2, -0.15) is 0 Å². The first-order valence-electron chi connectivity index (χ1n) is 8.54. The topological polar surface area (TPSA) is 107 Å². The number of hydrogen-bond acceptors (Lipinski definition) is 4. The highest BCUT2D eigenvalue weighted by atomic mass is 35.5. The lowest BCUT2D eigenvalue weighted by molar-refractivity contribution is -0.118. The van der Waals surface area contributed by atoms with Crippen LogP contribution >= 0.6 is 34.8 Å². The highest BCUT2D eigenvalue weighted by Crippen LogP contribution is 2.40. The molecule has 0 aliphatic rings. The maximum Gasteiger partial charge on any atom is 0.264 e. The molecule has 0 saturated heterocycles. The van der Waals surface area contributed by atoms with Crippen LogP contribution in [0.4, 0.5) is 5.69 Å². The molecule has 0 aliphatic heterocycles. The Morgan fingerprint density at radius 2 is 1.86 bits per heavy atom. The van der Waals surface area contributed by atoms with E-state index in [1.54, 1.807) is 30.3 Å². The summed E-state index contributed by atoms with van der Waals surface area (Å²) in [6.07, 6.45) is 0.433. The number of H-pyrrole nitrogens is 1. The molecule has 3 N–H and O–H groups in total. The molecule has 2 aromatic carbocycles. The summed E-state index contributed by atoms with van der Waals surface area (Å²) in [5, 5.41) is 21.6. The SMILES string of the molecule is O=C(CCCNC(=O)c1ccccc1Cl)N=Nc1c(O)[nH]c2c(Cl)cc(Cl)cc12. The van der Waals surface area contributed by atoms with Gasteiger partial charge in [-0.05, 0) is 30.7 Å². The summed E-state index contributed by atoms with van der Waals surface area (Å²) in [5.41, 5.74) is 0.884. The standard InChI is InChI=1S/C19H15Cl3N4O3/c20-10-8-12-16(14(22)9-10)24-19(29)17(12)26-25-15(27)6-3-7-23-18(28)11-4-1-2-5-13(11)21/h1-2,4-5,8-9,24,29H,3,6-7H2,(H,23,28). The summed E-state index contributed by atoms with van der Waals surface area (Å²) in [5.74, 6) is -1.09. The summed E-state index contributed by atoms with van der Waals surface area (Å²) in [4.78, 5) is 26.7. The van der Waals surface area contributed by atoms with E-state index in [1.165, 1.54) is 6.07 Å². The van der Waals surface area contributed by atoms with Crippen LogP contribution in [-0.4, -0.2) is 28.4 Å². The average molecular weight is 454 g/mol. The maximum atomic E-state index is 12.0. The molecule has 0 aliphatic carbocycles. The molecule has 7 nitrogen and oxygen atoms in total. The molecule has 0 spiro atoms. The predicted molar refractivity (Wildman–Crippen MR) is 113 cm³/mol. The van der Waals surface area contributed by atoms with Crippen LogP contribution in [0.15, 0.2) is 46.6 Å². The first-order valence-corrected chi connectivity index (χ1v) is 9.67. The van der Waals surface area contributed by atoms with Gasteiger partial charge in [-0.1, -0.05) is 46.9 Å². The fourth-order valence-corrected chi connectivity index (χ4v) is 3.39. The number of aromatic nitrogens is 1. The smallest absolute Gasteiger partial charge is 0.264 e. The number of carbonyl (C=O) groups excluding carboxylic acids is 2. The normalized spacial score (nSPS) is 11.3. The number of amides is 2. The summed E-state index contributed by atoms with van der Waals surface area (Å²) in [7, 11) is 0. The zero-order valence-corrected chi connectivity index (χ0v) is 17.1. The second-order valence-electron chi connectivity index (χ2n) is 6.07. The van der Waals surface area contributed by atoms with Gasteiger partial charge >= 0.3 is 0 Å². The number of benzene rings is 2. The largest absolute Gasteiger partial charge is 0.493 e. The molecule has 29 heavy (non-hydrogen) atoms. The van der Waals surface area contributed by atoms with Gasteiger partial charge in [0, 0.05) is 23.4 Å². The van der Waals surface area contributed by atoms with Crippen LogP contribution in [0.2, 0.25) is 15.1 Å². The summed E-state index contributed by atoms with van der Waals surface area (Å²) in [6, 6.07) is 9.76. The van der Waals surface area contributed by atoms with Gasteiger partial charge in [0.05, 0.1) is 21.1 Å². The number of fused-ring (bicyclic) bond motifs is 1. The van der Waals surface area contributed by atoms with Crippen molar-refractivity contribution in [1.29, 1.82) is 0 Å². The van der Waals surface area contributed by atoms with E-state index >= 15 is 0 Å². The highest BCUT2D eigenvalue weighted by Gasteiger charge is 2.14. The van der Waals surface area contributed by atoms with Crippen LogP contribution in [0.3, 0.4) is 0 Å². The molecule has 0 atom stereocenters. The van der Waals surface area contributed by atoms with Crippen molar-refractivity contribution in [2.24, 2.45) is 10.2 Å². The molecule has 10 heteroatoms. The molecule has 0 radical (unpaired) electrons. The van der Waals surface area contributed by atoms with Crippen LogP contribution in [0.25, 0.3) is 10.9 Å². The summed E-state index contributed by atoms with van der Waals surface area (Å²) < 4.78 is 0. The second-order valence-corrected chi connectivity index (χ2v) is 7.32. The van der Waals surface area contributed by atoms with Crippen LogP contribution in [0.5, 0.6) is 5.88 Å². The van der Waals surface area contributed by atoms with Crippen molar-refractivity contribution in [2.45, 2.75) is 12.8 Å². The minimum Gasteiger partial charge on any atom is -0.493 e. The lowest BCUT2D eigenvalue weighted by Gasteiger charge is -2.05. The quantitative estimate of drug-likeness (QED) is 0.331. The third-order valence-electron chi connectivity index (χ3n) is 4.01. The van der Waals surface area contributed by atoms with Gasteiger partial charge < -0.3 is 15.4 Å². The number of azo groups is 1. The van der Waals surface area contributed by atoms with Gasteiger partial charge in [-0.25, -0.2) is 0 Å². The van der Waals surface area contributed by atoms with Crippen molar-refractivity contribution in [3.63, 3.8) is 0 Å². The molecule has 150 valence electrons. The Kier molecular flexibility index (Phi) is 6.74. The zero-order chi connectivity index (χ0) is 21.0. The van der Waals surface area contributed by atoms with Crippen LogP contribution in [-0.2, 0) is 4.79 Å². The lowest BCUT2D eigenvalue weighted by atomic mass is 10.2. The number of hydrogen-bond donors (Lipinski definition) is 3. The van der Waals surface area contributed by atoms with Crippen molar-refractivity contribution >= 4 is 63.2 Å². The molecule has 3 rings (SSSR count). The Morgan fingerprint density at radius 1 is 1.10 bits per heavy atom. The van der Waals surface area contributed by atoms with Crippen molar-refractivity contribution in [3.05, 3.63) is 57.0 Å². The van der Waals surface area contributed by atoms with Crippen LogP contribution in [0, 0.1) is 0 Å². The van der Waals surface area contributed by atoms with E-state index in [0.717, 1.165) is 0 Å². The van der Waals surface area contributed by atoms with E-state index in [0.29, 0.717) is 38.0 Å². The molecule has 3 aromatic rings. The Balaban J connectivity index is 1.56. The number of nitrogens with zero attached hydrogens (tertiary/aromatic N) is 2. The van der Waals surface area contributed by atoms with E-state index in [4.69, 9.17) is 34.8 Å². The molecular weight excluding hydrogens is 439 g/mol. The number of aromatic hydroxyl groups is 1. The molecule has 0 bridgehead atoms. The first kappa shape index (κ1) is 21.1. The van der Waals surface area contributed by atoms with E-state index in [-0.39, 0.29) is 30.4 Å². The van der Waals surface area contributed by atoms with Gasteiger partial charge in [-0.3, -0.25) is 9.59 Å². The fraction of sp³-hybridized carbons (Fsp3) is 0.158. The Hall–Kier alpha value is -2.61. The molecular formula is C19H15Cl3N4O3. The number of halogens is 3. The molecule has 1 heterocycles. The van der Waals surface area contributed by atoms with Crippen molar-refractivity contribution in [2.75, 3.05) is 6.54 Å². The van der Waals surface area contributed by atoms with Crippen LogP contribution in [0.1, 0.15) is 23.2 Å². The van der Waals surface area contributed by atoms with Gasteiger partial charge in [-0.15, -0.1) is 10.2 Å². The summed E-state index contributed by atoms with van der Waals surface area (Å²) in [6.45, 7) is 0.273. The lowest BCUT2D eigenvalue weighted by Crippen LogP contribution is -2.25. The van der Waals surface area contributed by atoms with E-state index < -0.39 is 5.91 Å². The van der Waals surface area contributed by atoms with E-state index in [9.17, 15) is 14.7 Å². The molecule has 0 fully saturated rings. The third kappa shape index (κ3) is 5.06. The number of rotatable bonds is 6. The minimum atomic E-state index is -0.501. The molecule has 0 unspecified atom stereocenters. The highest BCUT2D eigenvalue weighted by molar-refractivity contribution is 6.39. The minimum absolute atomic E-state index is 0.0664. The molecule has 0 saturated carbocycles. The molecule has 2 amide bonds. The van der Waals surface area contributed by atoms with E-state index in [2.05, 4.69) is 20.5 Å². The number of nitrogens with one attached hydrogen (secondary N) is 2. The number of aromatic amines is 1. The van der Waals surface area contributed by atoms with Crippen molar-refractivity contribution < 1.29 is 14.7 Å². The monoisotopic (exact) mass is 452 g/mol. The number of carbonyl (C=O) groups is 2. The first-order chi connectivity index (χ1) is 13.9. The van der Waals surface area contributed by atoms with E-state index in [1.807, 2.05) is 0 Å². The third-order valence-corrected chi connectivity index (χ3v) is 4.86. The summed E-state index contributed by atoms with van der Waals surface area (Å²) >= 11 is 18.0. The van der Waals surface area contributed by atoms with Gasteiger partial charge in [0.1, 0.15) is 0 Å². The molecule has 1 aromatic heterocycles. The van der Waals surface area contributed by atoms with Gasteiger partial charge in [0.2, 0.25) is 5.88 Å². The Morgan fingerprint density at radius 3 is 2.62 bits per heavy atom. The van der Waals surface area contributed by atoms with Crippen LogP contribution < -0.4 is 5.32 Å². The second kappa shape index (κ2) is 9.26. The fourth-order valence-electron chi connectivity index (χ4n) is 2.63. The average Bonchev–Trinajstić information content (AvgIpc) is 2.99. The van der Waals surface area contributed by atoms with Gasteiger partial charge in [0.15, 0.2) is 5.69 Å². The maximum absolute atomic E-state index is 12.0. The zero-order valence-electron chi connectivity index (χ0n) is 14.9. The van der Waals surface area contributed by atoms with Crippen molar-refractivity contribution in [3.8, 4) is 5.88 Å². The van der Waals surface area contributed by atoms with Crippen molar-refractivity contribution in [1.82, 2.24) is 10.3 Å². The predicted octanol–water partition coefficient (Wildman–Crippen LogP) is 5.65. The Bertz CT molecular complexity index is 1110. The van der Waals surface area contributed by atoms with Gasteiger partial charge in [0.25, 0.3) is 11.8 Å². The Labute approximate surface area is 180 Å².